The maximum absolute atomic E-state index is 12.6. The van der Waals surface area contributed by atoms with Gasteiger partial charge in [-0.25, -0.2) is 0 Å². The smallest absolute Gasteiger partial charge is 0.263 e. The third-order valence-corrected chi connectivity index (χ3v) is 5.00. The molecule has 0 spiro atoms. The molecule has 1 N–H and O–H groups in total. The Morgan fingerprint density at radius 1 is 0.963 bits per heavy atom. The summed E-state index contributed by atoms with van der Waals surface area (Å²) in [6.45, 7) is 3.64. The third kappa shape index (κ3) is 4.80. The molecule has 7 heteroatoms. The zero-order valence-corrected chi connectivity index (χ0v) is 16.6. The number of phenolic OH excluding ortho intramolecular Hbond substituents is 1. The Bertz CT molecular complexity index is 800. The molecule has 0 radical (unpaired) electrons. The lowest BCUT2D eigenvalue weighted by Gasteiger charge is -2.36. The zero-order chi connectivity index (χ0) is 19.4. The van der Waals surface area contributed by atoms with Crippen LogP contribution in [0.4, 0.5) is 0 Å². The summed E-state index contributed by atoms with van der Waals surface area (Å²) < 4.78 is 6.58. The molecule has 1 aliphatic heterocycles. The van der Waals surface area contributed by atoms with Gasteiger partial charge in [0.2, 0.25) is 0 Å². The van der Waals surface area contributed by atoms with Gasteiger partial charge in [0, 0.05) is 36.2 Å². The summed E-state index contributed by atoms with van der Waals surface area (Å²) in [6.07, 6.45) is -0.636. The number of ether oxygens (including phenoxy) is 1. The molecule has 0 saturated carbocycles. The molecular weight excluding hydrogens is 412 g/mol. The lowest BCUT2D eigenvalue weighted by atomic mass is 10.2. The number of rotatable bonds is 4. The van der Waals surface area contributed by atoms with Gasteiger partial charge in [-0.2, -0.15) is 0 Å². The molecule has 0 aromatic heterocycles. The van der Waals surface area contributed by atoms with Crippen molar-refractivity contribution in [3.63, 3.8) is 0 Å². The number of carbonyl (C=O) groups is 2. The van der Waals surface area contributed by atoms with Gasteiger partial charge in [0.05, 0.1) is 0 Å². The largest absolute Gasteiger partial charge is 0.508 e. The number of phenols is 1. The van der Waals surface area contributed by atoms with Crippen LogP contribution in [0.3, 0.4) is 0 Å². The topological polar surface area (TPSA) is 70.1 Å². The Morgan fingerprint density at radius 3 is 2.11 bits per heavy atom. The highest BCUT2D eigenvalue weighted by Crippen LogP contribution is 2.18. The van der Waals surface area contributed by atoms with E-state index in [1.807, 2.05) is 12.1 Å². The van der Waals surface area contributed by atoms with Gasteiger partial charge >= 0.3 is 0 Å². The molecular formula is C20H21BrN2O4. The minimum atomic E-state index is -0.636. The van der Waals surface area contributed by atoms with E-state index in [1.165, 1.54) is 12.1 Å². The molecule has 2 aromatic rings. The normalized spacial score (nSPS) is 15.3. The number of aromatic hydroxyl groups is 1. The van der Waals surface area contributed by atoms with Gasteiger partial charge in [-0.05, 0) is 55.5 Å². The van der Waals surface area contributed by atoms with Crippen molar-refractivity contribution in [2.24, 2.45) is 0 Å². The van der Waals surface area contributed by atoms with Gasteiger partial charge < -0.3 is 19.6 Å². The van der Waals surface area contributed by atoms with Crippen LogP contribution < -0.4 is 4.74 Å². The number of carbonyl (C=O) groups excluding carboxylic acids is 2. The quantitative estimate of drug-likeness (QED) is 0.805. The molecule has 2 aromatic carbocycles. The van der Waals surface area contributed by atoms with E-state index < -0.39 is 6.10 Å². The fourth-order valence-electron chi connectivity index (χ4n) is 2.94. The van der Waals surface area contributed by atoms with Crippen LogP contribution in [0.25, 0.3) is 0 Å². The maximum atomic E-state index is 12.6. The van der Waals surface area contributed by atoms with Crippen LogP contribution in [-0.4, -0.2) is 59.0 Å². The average molecular weight is 433 g/mol. The summed E-state index contributed by atoms with van der Waals surface area (Å²) >= 11 is 3.36. The predicted octanol–water partition coefficient (Wildman–Crippen LogP) is 2.91. The first-order chi connectivity index (χ1) is 12.9. The first-order valence-electron chi connectivity index (χ1n) is 8.73. The molecule has 1 saturated heterocycles. The molecule has 0 bridgehead atoms. The van der Waals surface area contributed by atoms with Crippen LogP contribution in [0, 0.1) is 0 Å². The molecule has 2 amide bonds. The van der Waals surface area contributed by atoms with Crippen molar-refractivity contribution in [1.29, 1.82) is 0 Å². The Balaban J connectivity index is 1.53. The van der Waals surface area contributed by atoms with E-state index >= 15 is 0 Å². The lowest BCUT2D eigenvalue weighted by molar-refractivity contribution is -0.139. The summed E-state index contributed by atoms with van der Waals surface area (Å²) in [5, 5.41) is 9.30. The van der Waals surface area contributed by atoms with Crippen LogP contribution >= 0.6 is 15.9 Å². The minimum absolute atomic E-state index is 0.0250. The van der Waals surface area contributed by atoms with Crippen molar-refractivity contribution in [2.45, 2.75) is 13.0 Å². The predicted molar refractivity (Wildman–Crippen MR) is 105 cm³/mol. The van der Waals surface area contributed by atoms with E-state index in [0.29, 0.717) is 37.5 Å². The fourth-order valence-corrected chi connectivity index (χ4v) is 3.21. The second-order valence-corrected chi connectivity index (χ2v) is 7.29. The highest BCUT2D eigenvalue weighted by atomic mass is 79.9. The summed E-state index contributed by atoms with van der Waals surface area (Å²) in [5.74, 6) is 0.535. The highest BCUT2D eigenvalue weighted by molar-refractivity contribution is 9.10. The Hall–Kier alpha value is -2.54. The highest BCUT2D eigenvalue weighted by Gasteiger charge is 2.28. The second kappa shape index (κ2) is 8.43. The number of nitrogens with zero attached hydrogens (tertiary/aromatic N) is 2. The van der Waals surface area contributed by atoms with Gasteiger partial charge in [0.25, 0.3) is 11.8 Å². The minimum Gasteiger partial charge on any atom is -0.508 e. The standard InChI is InChI=1S/C20H21BrN2O4/c1-14(27-18-8-6-17(24)7-9-18)19(25)22-10-12-23(13-11-22)20(26)15-2-4-16(21)5-3-15/h2-9,14,24H,10-13H2,1H3. The number of piperazine rings is 1. The molecule has 1 aliphatic rings. The van der Waals surface area contributed by atoms with Gasteiger partial charge in [-0.3, -0.25) is 9.59 Å². The van der Waals surface area contributed by atoms with Crippen LogP contribution in [0.1, 0.15) is 17.3 Å². The zero-order valence-electron chi connectivity index (χ0n) is 15.0. The fraction of sp³-hybridized carbons (Fsp3) is 0.300. The molecule has 0 aliphatic carbocycles. The molecule has 27 heavy (non-hydrogen) atoms. The Morgan fingerprint density at radius 2 is 1.52 bits per heavy atom. The molecule has 142 valence electrons. The van der Waals surface area contributed by atoms with Gasteiger partial charge in [0.1, 0.15) is 11.5 Å². The molecule has 1 unspecified atom stereocenters. The molecule has 6 nitrogen and oxygen atoms in total. The summed E-state index contributed by atoms with van der Waals surface area (Å²) in [5.41, 5.74) is 0.641. The average Bonchev–Trinajstić information content (AvgIpc) is 2.69. The summed E-state index contributed by atoms with van der Waals surface area (Å²) in [7, 11) is 0. The van der Waals surface area contributed by atoms with Crippen LogP contribution in [-0.2, 0) is 4.79 Å². The van der Waals surface area contributed by atoms with E-state index in [1.54, 1.807) is 41.0 Å². The molecule has 3 rings (SSSR count). The van der Waals surface area contributed by atoms with Crippen molar-refractivity contribution < 1.29 is 19.4 Å². The number of halogens is 1. The Kier molecular flexibility index (Phi) is 6.01. The van der Waals surface area contributed by atoms with E-state index in [9.17, 15) is 14.7 Å². The monoisotopic (exact) mass is 432 g/mol. The van der Waals surface area contributed by atoms with Crippen molar-refractivity contribution >= 4 is 27.7 Å². The van der Waals surface area contributed by atoms with Crippen molar-refractivity contribution in [3.8, 4) is 11.5 Å². The van der Waals surface area contributed by atoms with Crippen molar-refractivity contribution in [1.82, 2.24) is 9.80 Å². The first-order valence-corrected chi connectivity index (χ1v) is 9.52. The maximum Gasteiger partial charge on any atom is 0.263 e. The summed E-state index contributed by atoms with van der Waals surface area (Å²) in [4.78, 5) is 28.6. The third-order valence-electron chi connectivity index (χ3n) is 4.47. The van der Waals surface area contributed by atoms with E-state index in [-0.39, 0.29) is 17.6 Å². The Labute approximate surface area is 166 Å². The van der Waals surface area contributed by atoms with Crippen molar-refractivity contribution in [2.75, 3.05) is 26.2 Å². The van der Waals surface area contributed by atoms with Gasteiger partial charge in [0.15, 0.2) is 6.10 Å². The summed E-state index contributed by atoms with van der Waals surface area (Å²) in [6, 6.07) is 13.5. The van der Waals surface area contributed by atoms with Crippen molar-refractivity contribution in [3.05, 3.63) is 58.6 Å². The van der Waals surface area contributed by atoms with E-state index in [4.69, 9.17) is 4.74 Å². The van der Waals surface area contributed by atoms with E-state index in [0.717, 1.165) is 4.47 Å². The number of hydrogen-bond donors (Lipinski definition) is 1. The lowest BCUT2D eigenvalue weighted by Crippen LogP contribution is -2.53. The van der Waals surface area contributed by atoms with Crippen LogP contribution in [0.5, 0.6) is 11.5 Å². The van der Waals surface area contributed by atoms with Gasteiger partial charge in [-0.15, -0.1) is 0 Å². The SMILES string of the molecule is CC(Oc1ccc(O)cc1)C(=O)N1CCN(C(=O)c2ccc(Br)cc2)CC1. The first kappa shape index (κ1) is 19.2. The molecule has 1 fully saturated rings. The number of benzene rings is 2. The number of amides is 2. The van der Waals surface area contributed by atoms with Crippen LogP contribution in [0.15, 0.2) is 53.0 Å². The van der Waals surface area contributed by atoms with Crippen LogP contribution in [0.2, 0.25) is 0 Å². The van der Waals surface area contributed by atoms with E-state index in [2.05, 4.69) is 15.9 Å². The molecule has 1 atom stereocenters. The second-order valence-electron chi connectivity index (χ2n) is 6.38. The number of hydrogen-bond acceptors (Lipinski definition) is 4. The van der Waals surface area contributed by atoms with Gasteiger partial charge in [-0.1, -0.05) is 15.9 Å². The molecule has 1 heterocycles.